The van der Waals surface area contributed by atoms with Crippen molar-refractivity contribution in [2.24, 2.45) is 0 Å². The molecule has 0 atom stereocenters. The Labute approximate surface area is 150 Å². The van der Waals surface area contributed by atoms with E-state index in [1.165, 1.54) is 37.4 Å². The standard InChI is InChI=1S/C16H17ClN2O5S/c1-24-16(21)11-2-7-14(18-8-9-20)15(10-11)25(22,23)19-13-5-3-12(17)4-6-13/h2-7,10,18-20H,8-9H2,1H3. The maximum atomic E-state index is 12.7. The van der Waals surface area contributed by atoms with Gasteiger partial charge in [0.05, 0.1) is 25.0 Å². The Hall–Kier alpha value is -2.29. The van der Waals surface area contributed by atoms with E-state index in [1.54, 1.807) is 12.1 Å². The van der Waals surface area contributed by atoms with E-state index in [0.717, 1.165) is 0 Å². The van der Waals surface area contributed by atoms with Gasteiger partial charge in [-0.3, -0.25) is 4.72 Å². The van der Waals surface area contributed by atoms with Crippen LogP contribution >= 0.6 is 11.6 Å². The van der Waals surface area contributed by atoms with Crippen molar-refractivity contribution in [3.63, 3.8) is 0 Å². The molecule has 0 aliphatic heterocycles. The summed E-state index contributed by atoms with van der Waals surface area (Å²) in [6, 6.07) is 10.2. The van der Waals surface area contributed by atoms with E-state index in [9.17, 15) is 13.2 Å². The van der Waals surface area contributed by atoms with Crippen LogP contribution in [-0.2, 0) is 14.8 Å². The first kappa shape index (κ1) is 19.0. The van der Waals surface area contributed by atoms with E-state index in [1.807, 2.05) is 0 Å². The van der Waals surface area contributed by atoms with Gasteiger partial charge in [0.15, 0.2) is 0 Å². The number of sulfonamides is 1. The van der Waals surface area contributed by atoms with Crippen LogP contribution in [0.3, 0.4) is 0 Å². The zero-order chi connectivity index (χ0) is 18.4. The van der Waals surface area contributed by atoms with Gasteiger partial charge in [0, 0.05) is 17.3 Å². The number of halogens is 1. The van der Waals surface area contributed by atoms with E-state index in [-0.39, 0.29) is 29.3 Å². The van der Waals surface area contributed by atoms with Crippen molar-refractivity contribution in [3.05, 3.63) is 53.1 Å². The molecule has 0 unspecified atom stereocenters. The first-order valence-electron chi connectivity index (χ1n) is 7.23. The number of hydrogen-bond donors (Lipinski definition) is 3. The van der Waals surface area contributed by atoms with Gasteiger partial charge >= 0.3 is 5.97 Å². The fourth-order valence-electron chi connectivity index (χ4n) is 2.05. The maximum absolute atomic E-state index is 12.7. The Bertz CT molecular complexity index is 853. The van der Waals surface area contributed by atoms with Gasteiger partial charge in [-0.15, -0.1) is 0 Å². The van der Waals surface area contributed by atoms with Crippen molar-refractivity contribution in [1.29, 1.82) is 0 Å². The van der Waals surface area contributed by atoms with Crippen LogP contribution in [0.1, 0.15) is 10.4 Å². The molecule has 0 spiro atoms. The van der Waals surface area contributed by atoms with Gasteiger partial charge in [-0.25, -0.2) is 13.2 Å². The molecule has 0 heterocycles. The maximum Gasteiger partial charge on any atom is 0.337 e. The molecular formula is C16H17ClN2O5S. The highest BCUT2D eigenvalue weighted by Gasteiger charge is 2.21. The number of anilines is 2. The molecule has 2 aromatic rings. The molecule has 0 fully saturated rings. The molecule has 0 radical (unpaired) electrons. The van der Waals surface area contributed by atoms with Crippen LogP contribution < -0.4 is 10.0 Å². The van der Waals surface area contributed by atoms with E-state index in [4.69, 9.17) is 16.7 Å². The molecule has 0 aromatic heterocycles. The highest BCUT2D eigenvalue weighted by molar-refractivity contribution is 7.92. The molecular weight excluding hydrogens is 368 g/mol. The van der Waals surface area contributed by atoms with Crippen LogP contribution in [0, 0.1) is 0 Å². The van der Waals surface area contributed by atoms with Crippen molar-refractivity contribution in [3.8, 4) is 0 Å². The molecule has 0 bridgehead atoms. The molecule has 0 aliphatic rings. The van der Waals surface area contributed by atoms with Crippen LogP contribution in [0.4, 0.5) is 11.4 Å². The molecule has 134 valence electrons. The number of hydrogen-bond acceptors (Lipinski definition) is 6. The third kappa shape index (κ3) is 4.85. The molecule has 0 amide bonds. The SMILES string of the molecule is COC(=O)c1ccc(NCCO)c(S(=O)(=O)Nc2ccc(Cl)cc2)c1. The second kappa shape index (κ2) is 8.19. The van der Waals surface area contributed by atoms with Gasteiger partial charge in [-0.05, 0) is 42.5 Å². The lowest BCUT2D eigenvalue weighted by Crippen LogP contribution is -2.17. The Morgan fingerprint density at radius 2 is 1.88 bits per heavy atom. The van der Waals surface area contributed by atoms with E-state index in [0.29, 0.717) is 10.7 Å². The Morgan fingerprint density at radius 1 is 1.20 bits per heavy atom. The predicted octanol–water partition coefficient (Wildman–Crippen LogP) is 2.33. The number of methoxy groups -OCH3 is 1. The average Bonchev–Trinajstić information content (AvgIpc) is 2.61. The normalized spacial score (nSPS) is 11.0. The first-order valence-corrected chi connectivity index (χ1v) is 9.09. The van der Waals surface area contributed by atoms with Crippen LogP contribution in [0.15, 0.2) is 47.4 Å². The number of benzene rings is 2. The number of carbonyl (C=O) groups excluding carboxylic acids is 1. The van der Waals surface area contributed by atoms with E-state index in [2.05, 4.69) is 14.8 Å². The van der Waals surface area contributed by atoms with Gasteiger partial charge in [-0.2, -0.15) is 0 Å². The topological polar surface area (TPSA) is 105 Å². The molecule has 2 aromatic carbocycles. The largest absolute Gasteiger partial charge is 0.465 e. The molecule has 0 saturated heterocycles. The number of rotatable bonds is 7. The summed E-state index contributed by atoms with van der Waals surface area (Å²) in [5.41, 5.74) is 0.665. The predicted molar refractivity (Wildman–Crippen MR) is 95.6 cm³/mol. The van der Waals surface area contributed by atoms with Gasteiger partial charge in [0.2, 0.25) is 0 Å². The van der Waals surface area contributed by atoms with Crippen molar-refractivity contribution in [2.45, 2.75) is 4.90 Å². The first-order chi connectivity index (χ1) is 11.9. The van der Waals surface area contributed by atoms with Crippen LogP contribution in [0.5, 0.6) is 0 Å². The molecule has 0 saturated carbocycles. The zero-order valence-corrected chi connectivity index (χ0v) is 14.9. The lowest BCUT2D eigenvalue weighted by atomic mass is 10.2. The highest BCUT2D eigenvalue weighted by atomic mass is 35.5. The molecule has 25 heavy (non-hydrogen) atoms. The molecule has 0 aliphatic carbocycles. The summed E-state index contributed by atoms with van der Waals surface area (Å²) in [4.78, 5) is 11.6. The summed E-state index contributed by atoms with van der Waals surface area (Å²) in [6.45, 7) is -0.0239. The summed E-state index contributed by atoms with van der Waals surface area (Å²) >= 11 is 5.79. The molecule has 3 N–H and O–H groups in total. The van der Waals surface area contributed by atoms with Crippen LogP contribution in [0.25, 0.3) is 0 Å². The Balaban J connectivity index is 2.44. The number of nitrogens with one attached hydrogen (secondary N) is 2. The number of aliphatic hydroxyl groups is 1. The summed E-state index contributed by atoms with van der Waals surface area (Å²) in [5, 5.41) is 12.2. The van der Waals surface area contributed by atoms with Gasteiger partial charge in [0.25, 0.3) is 10.0 Å². The minimum Gasteiger partial charge on any atom is -0.465 e. The van der Waals surface area contributed by atoms with Gasteiger partial charge in [-0.1, -0.05) is 11.6 Å². The minimum absolute atomic E-state index is 0.0912. The Morgan fingerprint density at radius 3 is 2.48 bits per heavy atom. The summed E-state index contributed by atoms with van der Waals surface area (Å²) in [6.07, 6.45) is 0. The summed E-state index contributed by atoms with van der Waals surface area (Å²) in [5.74, 6) is -0.656. The third-order valence-corrected chi connectivity index (χ3v) is 4.89. The lowest BCUT2D eigenvalue weighted by molar-refractivity contribution is 0.0600. The number of esters is 1. The zero-order valence-electron chi connectivity index (χ0n) is 13.3. The summed E-state index contributed by atoms with van der Waals surface area (Å²) in [7, 11) is -2.79. The number of carbonyl (C=O) groups is 1. The van der Waals surface area contributed by atoms with Gasteiger partial charge < -0.3 is 15.2 Å². The lowest BCUT2D eigenvalue weighted by Gasteiger charge is -2.14. The molecule has 2 rings (SSSR count). The second-order valence-corrected chi connectivity index (χ2v) is 7.05. The Kier molecular flexibility index (Phi) is 6.24. The average molecular weight is 385 g/mol. The van der Waals surface area contributed by atoms with Crippen molar-refractivity contribution in [2.75, 3.05) is 30.3 Å². The fraction of sp³-hybridized carbons (Fsp3) is 0.188. The van der Waals surface area contributed by atoms with Gasteiger partial charge in [0.1, 0.15) is 4.90 Å². The fourth-order valence-corrected chi connectivity index (χ4v) is 3.45. The quantitative estimate of drug-likeness (QED) is 0.633. The van der Waals surface area contributed by atoms with Crippen LogP contribution in [-0.4, -0.2) is 39.8 Å². The second-order valence-electron chi connectivity index (χ2n) is 4.97. The van der Waals surface area contributed by atoms with Crippen molar-refractivity contribution >= 4 is 39.0 Å². The van der Waals surface area contributed by atoms with Crippen molar-refractivity contribution in [1.82, 2.24) is 0 Å². The van der Waals surface area contributed by atoms with Crippen LogP contribution in [0.2, 0.25) is 5.02 Å². The van der Waals surface area contributed by atoms with Crippen molar-refractivity contribution < 1.29 is 23.1 Å². The highest BCUT2D eigenvalue weighted by Crippen LogP contribution is 2.26. The number of aliphatic hydroxyl groups excluding tert-OH is 1. The van der Waals surface area contributed by atoms with E-state index >= 15 is 0 Å². The summed E-state index contributed by atoms with van der Waals surface area (Å²) < 4.78 is 32.5. The molecule has 9 heteroatoms. The smallest absolute Gasteiger partial charge is 0.337 e. The minimum atomic E-state index is -4.00. The third-order valence-electron chi connectivity index (χ3n) is 3.22. The number of ether oxygens (including phenoxy) is 1. The van der Waals surface area contributed by atoms with E-state index < -0.39 is 16.0 Å². The molecule has 7 nitrogen and oxygen atoms in total. The monoisotopic (exact) mass is 384 g/mol.